The monoisotopic (exact) mass is 278 g/mol. The largest absolute Gasteiger partial charge is 0.372 e. The van der Waals surface area contributed by atoms with Crippen molar-refractivity contribution in [3.05, 3.63) is 65.9 Å². The second-order valence-electron chi connectivity index (χ2n) is 5.38. The number of aromatic nitrogens is 1. The van der Waals surface area contributed by atoms with Gasteiger partial charge in [0.05, 0.1) is 0 Å². The van der Waals surface area contributed by atoms with Gasteiger partial charge in [-0.25, -0.2) is 0 Å². The van der Waals surface area contributed by atoms with Gasteiger partial charge in [-0.15, -0.1) is 0 Å². The number of aliphatic hydroxyl groups is 1. The Bertz CT molecular complexity index is 881. The summed E-state index contributed by atoms with van der Waals surface area (Å²) in [7, 11) is 1.91. The first-order valence-corrected chi connectivity index (χ1v) is 6.80. The van der Waals surface area contributed by atoms with Crippen LogP contribution < -0.4 is 5.32 Å². The standard InChI is InChI=1S/C17H14N2O2/c1-19-10-13(11-6-2-5-9-15(11)19)17(21)12-7-3-4-8-14(12)18-16(17)20/h2-10,21H,1H3,(H,18,20). The fraction of sp³-hybridized carbons (Fsp3) is 0.118. The highest BCUT2D eigenvalue weighted by atomic mass is 16.3. The number of fused-ring (bicyclic) bond motifs is 2. The van der Waals surface area contributed by atoms with E-state index in [1.54, 1.807) is 12.1 Å². The molecule has 2 aromatic carbocycles. The summed E-state index contributed by atoms with van der Waals surface area (Å²) < 4.78 is 1.93. The smallest absolute Gasteiger partial charge is 0.265 e. The van der Waals surface area contributed by atoms with Crippen LogP contribution in [0.25, 0.3) is 10.9 Å². The molecule has 4 nitrogen and oxygen atoms in total. The summed E-state index contributed by atoms with van der Waals surface area (Å²) in [5.74, 6) is -0.403. The van der Waals surface area contributed by atoms with E-state index in [1.165, 1.54) is 0 Å². The van der Waals surface area contributed by atoms with Crippen molar-refractivity contribution in [3.63, 3.8) is 0 Å². The van der Waals surface area contributed by atoms with Gasteiger partial charge in [0.25, 0.3) is 5.91 Å². The molecule has 2 heterocycles. The molecule has 1 aliphatic rings. The van der Waals surface area contributed by atoms with Gasteiger partial charge < -0.3 is 15.0 Å². The van der Waals surface area contributed by atoms with Crippen LogP contribution in [0.3, 0.4) is 0 Å². The van der Waals surface area contributed by atoms with Crippen molar-refractivity contribution in [2.75, 3.05) is 5.32 Å². The quantitative estimate of drug-likeness (QED) is 0.718. The van der Waals surface area contributed by atoms with E-state index < -0.39 is 11.5 Å². The van der Waals surface area contributed by atoms with Crippen molar-refractivity contribution < 1.29 is 9.90 Å². The topological polar surface area (TPSA) is 54.3 Å². The third kappa shape index (κ3) is 1.45. The maximum Gasteiger partial charge on any atom is 0.265 e. The Morgan fingerprint density at radius 3 is 2.62 bits per heavy atom. The summed E-state index contributed by atoms with van der Waals surface area (Å²) in [6.07, 6.45) is 1.83. The number of amides is 1. The number of carbonyl (C=O) groups is 1. The zero-order chi connectivity index (χ0) is 14.6. The van der Waals surface area contributed by atoms with Crippen LogP contribution in [0.4, 0.5) is 5.69 Å². The van der Waals surface area contributed by atoms with Gasteiger partial charge in [-0.1, -0.05) is 36.4 Å². The Morgan fingerprint density at radius 2 is 1.76 bits per heavy atom. The predicted octanol–water partition coefficient (Wildman–Crippen LogP) is 2.37. The molecule has 0 fully saturated rings. The SMILES string of the molecule is Cn1cc(C2(O)C(=O)Nc3ccccc32)c2ccccc21. The van der Waals surface area contributed by atoms with Crippen molar-refractivity contribution >= 4 is 22.5 Å². The molecule has 1 amide bonds. The van der Waals surface area contributed by atoms with Crippen LogP contribution in [0.5, 0.6) is 0 Å². The summed E-state index contributed by atoms with van der Waals surface area (Å²) >= 11 is 0. The lowest BCUT2D eigenvalue weighted by Crippen LogP contribution is -2.35. The Labute approximate surface area is 121 Å². The molecule has 0 saturated heterocycles. The minimum atomic E-state index is -1.64. The maximum atomic E-state index is 12.4. The summed E-state index contributed by atoms with van der Waals surface area (Å²) in [5, 5.41) is 14.8. The lowest BCUT2D eigenvalue weighted by molar-refractivity contribution is -0.129. The van der Waals surface area contributed by atoms with Crippen LogP contribution in [0, 0.1) is 0 Å². The molecule has 104 valence electrons. The van der Waals surface area contributed by atoms with E-state index in [0.717, 1.165) is 10.9 Å². The second-order valence-corrected chi connectivity index (χ2v) is 5.38. The molecule has 4 heteroatoms. The second kappa shape index (κ2) is 3.96. The molecule has 0 saturated carbocycles. The number of hydrogen-bond donors (Lipinski definition) is 2. The summed E-state index contributed by atoms with van der Waals surface area (Å²) in [4.78, 5) is 12.4. The Morgan fingerprint density at radius 1 is 1.05 bits per heavy atom. The van der Waals surface area contributed by atoms with E-state index in [2.05, 4.69) is 5.32 Å². The Kier molecular flexibility index (Phi) is 2.30. The van der Waals surface area contributed by atoms with Crippen LogP contribution in [0.1, 0.15) is 11.1 Å². The van der Waals surface area contributed by atoms with E-state index in [0.29, 0.717) is 16.8 Å². The molecule has 3 aromatic rings. The van der Waals surface area contributed by atoms with Crippen LogP contribution in [-0.4, -0.2) is 15.6 Å². The molecule has 1 aromatic heterocycles. The molecule has 0 aliphatic carbocycles. The van der Waals surface area contributed by atoms with Gasteiger partial charge in [0, 0.05) is 41.0 Å². The number of hydrogen-bond acceptors (Lipinski definition) is 2. The molecule has 0 bridgehead atoms. The molecule has 1 aliphatic heterocycles. The first-order chi connectivity index (χ1) is 10.1. The number of para-hydroxylation sites is 2. The molecular weight excluding hydrogens is 264 g/mol. The zero-order valence-corrected chi connectivity index (χ0v) is 11.5. The molecule has 2 N–H and O–H groups in total. The van der Waals surface area contributed by atoms with Gasteiger partial charge in [-0.2, -0.15) is 0 Å². The van der Waals surface area contributed by atoms with E-state index in [4.69, 9.17) is 0 Å². The lowest BCUT2D eigenvalue weighted by Gasteiger charge is -2.20. The van der Waals surface area contributed by atoms with E-state index in [1.807, 2.05) is 54.2 Å². The van der Waals surface area contributed by atoms with Gasteiger partial charge >= 0.3 is 0 Å². The Hall–Kier alpha value is -2.59. The summed E-state index contributed by atoms with van der Waals surface area (Å²) in [5.41, 5.74) is 1.22. The average Bonchev–Trinajstić information content (AvgIpc) is 2.97. The predicted molar refractivity (Wildman–Crippen MR) is 81.0 cm³/mol. The number of aryl methyl sites for hydroxylation is 1. The molecule has 1 atom stereocenters. The average molecular weight is 278 g/mol. The fourth-order valence-electron chi connectivity index (χ4n) is 3.14. The minimum absolute atomic E-state index is 0.403. The number of nitrogens with zero attached hydrogens (tertiary/aromatic N) is 1. The third-order valence-corrected chi connectivity index (χ3v) is 4.18. The Balaban J connectivity index is 2.06. The number of benzene rings is 2. The third-order valence-electron chi connectivity index (χ3n) is 4.18. The number of carbonyl (C=O) groups excluding carboxylic acids is 1. The van der Waals surface area contributed by atoms with Crippen LogP contribution in [-0.2, 0) is 17.4 Å². The molecule has 1 unspecified atom stereocenters. The van der Waals surface area contributed by atoms with Gasteiger partial charge in [0.15, 0.2) is 5.60 Å². The number of rotatable bonds is 1. The van der Waals surface area contributed by atoms with Gasteiger partial charge in [-0.05, 0) is 12.1 Å². The lowest BCUT2D eigenvalue weighted by atomic mass is 9.87. The highest BCUT2D eigenvalue weighted by Crippen LogP contribution is 2.43. The highest BCUT2D eigenvalue weighted by molar-refractivity contribution is 6.09. The van der Waals surface area contributed by atoms with Gasteiger partial charge in [-0.3, -0.25) is 4.79 Å². The highest BCUT2D eigenvalue weighted by Gasteiger charge is 2.48. The van der Waals surface area contributed by atoms with E-state index >= 15 is 0 Å². The van der Waals surface area contributed by atoms with E-state index in [9.17, 15) is 9.90 Å². The summed E-state index contributed by atoms with van der Waals surface area (Å²) in [6, 6.07) is 15.0. The first-order valence-electron chi connectivity index (χ1n) is 6.80. The molecular formula is C17H14N2O2. The normalized spacial score (nSPS) is 20.6. The summed E-state index contributed by atoms with van der Waals surface area (Å²) in [6.45, 7) is 0. The van der Waals surface area contributed by atoms with Gasteiger partial charge in [0.2, 0.25) is 0 Å². The minimum Gasteiger partial charge on any atom is -0.372 e. The van der Waals surface area contributed by atoms with Crippen molar-refractivity contribution in [3.8, 4) is 0 Å². The number of nitrogens with one attached hydrogen (secondary N) is 1. The van der Waals surface area contributed by atoms with Crippen molar-refractivity contribution in [1.29, 1.82) is 0 Å². The van der Waals surface area contributed by atoms with Crippen molar-refractivity contribution in [2.45, 2.75) is 5.60 Å². The first kappa shape index (κ1) is 12.2. The van der Waals surface area contributed by atoms with Crippen LogP contribution in [0.2, 0.25) is 0 Å². The van der Waals surface area contributed by atoms with E-state index in [-0.39, 0.29) is 0 Å². The maximum absolute atomic E-state index is 12.4. The van der Waals surface area contributed by atoms with Crippen molar-refractivity contribution in [1.82, 2.24) is 4.57 Å². The molecule has 4 rings (SSSR count). The van der Waals surface area contributed by atoms with Crippen molar-refractivity contribution in [2.24, 2.45) is 7.05 Å². The molecule has 0 spiro atoms. The molecule has 0 radical (unpaired) electrons. The van der Waals surface area contributed by atoms with Gasteiger partial charge in [0.1, 0.15) is 0 Å². The van der Waals surface area contributed by atoms with Crippen LogP contribution in [0.15, 0.2) is 54.7 Å². The number of anilines is 1. The van der Waals surface area contributed by atoms with Crippen LogP contribution >= 0.6 is 0 Å². The fourth-order valence-corrected chi connectivity index (χ4v) is 3.14. The zero-order valence-electron chi connectivity index (χ0n) is 11.5. The molecule has 21 heavy (non-hydrogen) atoms.